The first-order valence-corrected chi connectivity index (χ1v) is 7.53. The van der Waals surface area contributed by atoms with E-state index >= 15 is 0 Å². The van der Waals surface area contributed by atoms with E-state index in [1.807, 2.05) is 20.3 Å². The fourth-order valence-electron chi connectivity index (χ4n) is 2.24. The Labute approximate surface area is 124 Å². The van der Waals surface area contributed by atoms with Gasteiger partial charge in [0.2, 0.25) is 0 Å². The maximum atomic E-state index is 3.21. The number of unbranched alkanes of at least 4 members (excludes halogenated alkanes) is 1. The van der Waals surface area contributed by atoms with Crippen LogP contribution in [0.5, 0.6) is 0 Å². The molecule has 0 bridgehead atoms. The van der Waals surface area contributed by atoms with Crippen LogP contribution in [0.15, 0.2) is 36.7 Å². The maximum absolute atomic E-state index is 3.21. The van der Waals surface area contributed by atoms with Crippen LogP contribution in [0, 0.1) is 0 Å². The molecule has 1 aromatic carbocycles. The van der Waals surface area contributed by atoms with Crippen LogP contribution in [0.4, 0.5) is 0 Å². The summed E-state index contributed by atoms with van der Waals surface area (Å²) in [4.78, 5) is 2.22. The second-order valence-electron chi connectivity index (χ2n) is 5.16. The van der Waals surface area contributed by atoms with Crippen LogP contribution < -0.4 is 10.6 Å². The van der Waals surface area contributed by atoms with Gasteiger partial charge in [-0.05, 0) is 50.4 Å². The van der Waals surface area contributed by atoms with E-state index < -0.39 is 0 Å². The van der Waals surface area contributed by atoms with Crippen molar-refractivity contribution in [3.63, 3.8) is 0 Å². The third kappa shape index (κ3) is 6.62. The molecule has 0 unspecified atom stereocenters. The van der Waals surface area contributed by atoms with Crippen molar-refractivity contribution < 1.29 is 0 Å². The number of rotatable bonds is 10. The zero-order valence-corrected chi connectivity index (χ0v) is 13.2. The smallest absolute Gasteiger partial charge is 0.0210 e. The normalized spacial score (nSPS) is 10.9. The molecule has 0 amide bonds. The highest BCUT2D eigenvalue weighted by atomic mass is 15.1. The van der Waals surface area contributed by atoms with Crippen molar-refractivity contribution in [2.75, 3.05) is 34.2 Å². The Morgan fingerprint density at radius 1 is 1.05 bits per heavy atom. The van der Waals surface area contributed by atoms with Crippen molar-refractivity contribution in [2.24, 2.45) is 0 Å². The lowest BCUT2D eigenvalue weighted by Crippen LogP contribution is -2.16. The van der Waals surface area contributed by atoms with Gasteiger partial charge in [-0.25, -0.2) is 0 Å². The van der Waals surface area contributed by atoms with Crippen molar-refractivity contribution in [1.82, 2.24) is 15.5 Å². The Morgan fingerprint density at radius 3 is 2.40 bits per heavy atom. The minimum atomic E-state index is 1.05. The quantitative estimate of drug-likeness (QED) is 0.642. The predicted octanol–water partition coefficient (Wildman–Crippen LogP) is 2.39. The standard InChI is InChI=1S/C17H29N3/c1-18-12-7-6-10-16-8-4-5-9-17(16)11-14-20(3)15-13-19-2/h4-5,8-9,13,15,18-19H,6-7,10-12,14H2,1-3H3/b15-13-. The van der Waals surface area contributed by atoms with Gasteiger partial charge in [0, 0.05) is 33.0 Å². The van der Waals surface area contributed by atoms with Crippen molar-refractivity contribution in [2.45, 2.75) is 25.7 Å². The van der Waals surface area contributed by atoms with Gasteiger partial charge in [0.25, 0.3) is 0 Å². The first kappa shape index (κ1) is 16.6. The molecule has 0 heterocycles. The molecule has 0 radical (unpaired) electrons. The number of likely N-dealkylation sites (N-methyl/N-ethyl adjacent to an activating group) is 1. The van der Waals surface area contributed by atoms with E-state index in [1.165, 1.54) is 30.4 Å². The first-order chi connectivity index (χ1) is 9.77. The van der Waals surface area contributed by atoms with Gasteiger partial charge < -0.3 is 15.5 Å². The number of nitrogens with zero attached hydrogens (tertiary/aromatic N) is 1. The molecule has 3 nitrogen and oxygen atoms in total. The van der Waals surface area contributed by atoms with Gasteiger partial charge >= 0.3 is 0 Å². The van der Waals surface area contributed by atoms with Crippen molar-refractivity contribution in [3.05, 3.63) is 47.8 Å². The number of benzene rings is 1. The molecule has 0 aliphatic heterocycles. The molecule has 0 spiro atoms. The van der Waals surface area contributed by atoms with E-state index in [9.17, 15) is 0 Å². The Morgan fingerprint density at radius 2 is 1.75 bits per heavy atom. The van der Waals surface area contributed by atoms with E-state index in [2.05, 4.69) is 53.0 Å². The lowest BCUT2D eigenvalue weighted by molar-refractivity contribution is 0.457. The average molecular weight is 275 g/mol. The number of hydrogen-bond donors (Lipinski definition) is 2. The largest absolute Gasteiger partial charge is 0.393 e. The van der Waals surface area contributed by atoms with Gasteiger partial charge in [0.1, 0.15) is 0 Å². The monoisotopic (exact) mass is 275 g/mol. The Balaban J connectivity index is 2.46. The number of nitrogens with one attached hydrogen (secondary N) is 2. The third-order valence-electron chi connectivity index (χ3n) is 3.47. The van der Waals surface area contributed by atoms with Crippen LogP contribution in [0.2, 0.25) is 0 Å². The minimum Gasteiger partial charge on any atom is -0.393 e. The fourth-order valence-corrected chi connectivity index (χ4v) is 2.24. The molecule has 20 heavy (non-hydrogen) atoms. The van der Waals surface area contributed by atoms with Crippen molar-refractivity contribution in [1.29, 1.82) is 0 Å². The third-order valence-corrected chi connectivity index (χ3v) is 3.47. The van der Waals surface area contributed by atoms with Crippen molar-refractivity contribution in [3.8, 4) is 0 Å². The SMILES string of the molecule is CN/C=C\N(C)CCc1ccccc1CCCCNC. The first-order valence-electron chi connectivity index (χ1n) is 7.53. The van der Waals surface area contributed by atoms with E-state index in [-0.39, 0.29) is 0 Å². The molecule has 0 aliphatic carbocycles. The summed E-state index contributed by atoms with van der Waals surface area (Å²) in [6.07, 6.45) is 8.84. The summed E-state index contributed by atoms with van der Waals surface area (Å²) in [6.45, 7) is 2.16. The fraction of sp³-hybridized carbons (Fsp3) is 0.529. The van der Waals surface area contributed by atoms with Crippen LogP contribution in [0.3, 0.4) is 0 Å². The Bertz CT molecular complexity index is 388. The van der Waals surface area contributed by atoms with Crippen LogP contribution in [-0.2, 0) is 12.8 Å². The van der Waals surface area contributed by atoms with E-state index in [1.54, 1.807) is 0 Å². The average Bonchev–Trinajstić information content (AvgIpc) is 2.48. The molecular weight excluding hydrogens is 246 g/mol. The molecule has 112 valence electrons. The predicted molar refractivity (Wildman–Crippen MR) is 87.8 cm³/mol. The van der Waals surface area contributed by atoms with E-state index in [0.29, 0.717) is 0 Å². The van der Waals surface area contributed by atoms with Gasteiger partial charge in [-0.15, -0.1) is 0 Å². The maximum Gasteiger partial charge on any atom is 0.0210 e. The van der Waals surface area contributed by atoms with Crippen LogP contribution in [0.25, 0.3) is 0 Å². The molecule has 1 aromatic rings. The molecule has 0 saturated carbocycles. The molecular formula is C17H29N3. The van der Waals surface area contributed by atoms with Gasteiger partial charge in [-0.1, -0.05) is 24.3 Å². The summed E-state index contributed by atoms with van der Waals surface area (Å²) >= 11 is 0. The van der Waals surface area contributed by atoms with Crippen molar-refractivity contribution >= 4 is 0 Å². The summed E-state index contributed by atoms with van der Waals surface area (Å²) in [5, 5.41) is 6.23. The zero-order chi connectivity index (χ0) is 14.6. The second kappa shape index (κ2) is 10.3. The van der Waals surface area contributed by atoms with E-state index in [0.717, 1.165) is 19.5 Å². The summed E-state index contributed by atoms with van der Waals surface area (Å²) in [5.74, 6) is 0. The van der Waals surface area contributed by atoms with E-state index in [4.69, 9.17) is 0 Å². The highest BCUT2D eigenvalue weighted by Gasteiger charge is 2.02. The molecule has 0 aliphatic rings. The van der Waals surface area contributed by atoms with Crippen LogP contribution >= 0.6 is 0 Å². The number of aryl methyl sites for hydroxylation is 1. The molecule has 0 fully saturated rings. The molecule has 0 atom stereocenters. The van der Waals surface area contributed by atoms with Gasteiger partial charge in [-0.3, -0.25) is 0 Å². The number of hydrogen-bond acceptors (Lipinski definition) is 3. The minimum absolute atomic E-state index is 1.05. The molecule has 0 aromatic heterocycles. The van der Waals surface area contributed by atoms with Gasteiger partial charge in [-0.2, -0.15) is 0 Å². The topological polar surface area (TPSA) is 27.3 Å². The second-order valence-corrected chi connectivity index (χ2v) is 5.16. The summed E-state index contributed by atoms with van der Waals surface area (Å²) in [5.41, 5.74) is 3.00. The zero-order valence-electron chi connectivity index (χ0n) is 13.2. The highest BCUT2D eigenvalue weighted by molar-refractivity contribution is 5.27. The van der Waals surface area contributed by atoms with Gasteiger partial charge in [0.05, 0.1) is 0 Å². The highest BCUT2D eigenvalue weighted by Crippen LogP contribution is 2.13. The summed E-state index contributed by atoms with van der Waals surface area (Å²) < 4.78 is 0. The van der Waals surface area contributed by atoms with Gasteiger partial charge in [0.15, 0.2) is 0 Å². The summed E-state index contributed by atoms with van der Waals surface area (Å²) in [7, 11) is 6.05. The molecule has 2 N–H and O–H groups in total. The molecule has 0 saturated heterocycles. The lowest BCUT2D eigenvalue weighted by atomic mass is 9.99. The molecule has 3 heteroatoms. The summed E-state index contributed by atoms with van der Waals surface area (Å²) in [6, 6.07) is 8.85. The van der Waals surface area contributed by atoms with Crippen LogP contribution in [-0.4, -0.2) is 39.1 Å². The Hall–Kier alpha value is -1.48. The lowest BCUT2D eigenvalue weighted by Gasteiger charge is -2.15. The molecule has 1 rings (SSSR count). The van der Waals surface area contributed by atoms with Crippen LogP contribution in [0.1, 0.15) is 24.0 Å². The Kier molecular flexibility index (Phi) is 8.56.